The van der Waals surface area contributed by atoms with Gasteiger partial charge in [-0.15, -0.1) is 0 Å². The lowest BCUT2D eigenvalue weighted by Gasteiger charge is -2.22. The summed E-state index contributed by atoms with van der Waals surface area (Å²) in [4.78, 5) is 25.0. The molecule has 2 aromatic heterocycles. The van der Waals surface area contributed by atoms with Crippen molar-refractivity contribution in [2.45, 2.75) is 12.8 Å². The van der Waals surface area contributed by atoms with Gasteiger partial charge in [-0.1, -0.05) is 0 Å². The summed E-state index contributed by atoms with van der Waals surface area (Å²) in [6, 6.07) is 8.98. The molecule has 7 heteroatoms. The molecule has 0 unspecified atom stereocenters. The first-order chi connectivity index (χ1) is 11.6. The van der Waals surface area contributed by atoms with E-state index in [4.69, 9.17) is 10.5 Å². The van der Waals surface area contributed by atoms with Crippen LogP contribution in [0.1, 0.15) is 28.8 Å². The Bertz CT molecular complexity index is 881. The monoisotopic (exact) mass is 318 g/mol. The molecule has 0 N–H and O–H groups in total. The minimum absolute atomic E-state index is 0.251. The maximum absolute atomic E-state index is 12.9. The molecule has 0 aliphatic carbocycles. The molecule has 118 valence electrons. The van der Waals surface area contributed by atoms with Crippen LogP contribution in [0.15, 0.2) is 30.6 Å². The zero-order chi connectivity index (χ0) is 17.3. The number of aromatic nitrogens is 2. The highest BCUT2D eigenvalue weighted by Gasteiger charge is 2.31. The van der Waals surface area contributed by atoms with Gasteiger partial charge in [0.2, 0.25) is 0 Å². The fourth-order valence-corrected chi connectivity index (χ4v) is 2.73. The molecule has 0 bridgehead atoms. The predicted molar refractivity (Wildman–Crippen MR) is 87.9 cm³/mol. The van der Waals surface area contributed by atoms with Gasteiger partial charge in [-0.05, 0) is 25.1 Å². The number of nitriles is 2. The van der Waals surface area contributed by atoms with Crippen molar-refractivity contribution in [1.29, 1.82) is 10.5 Å². The molecule has 24 heavy (non-hydrogen) atoms. The molecule has 1 amide bonds. The number of fused-ring (bicyclic) bond motifs is 2. The Hall–Kier alpha value is -3.45. The third kappa shape index (κ3) is 2.24. The van der Waals surface area contributed by atoms with E-state index in [1.165, 1.54) is 11.1 Å². The minimum Gasteiger partial charge on any atom is -0.309 e. The van der Waals surface area contributed by atoms with Crippen LogP contribution in [0.25, 0.3) is 0 Å². The molecule has 1 aliphatic rings. The van der Waals surface area contributed by atoms with Gasteiger partial charge in [0.15, 0.2) is 11.7 Å². The summed E-state index contributed by atoms with van der Waals surface area (Å²) in [5.74, 6) is -0.0870. The fraction of sp³-hybridized carbons (Fsp3) is 0.235. The first kappa shape index (κ1) is 15.4. The zero-order valence-corrected chi connectivity index (χ0v) is 13.3. The van der Waals surface area contributed by atoms with Crippen molar-refractivity contribution in [3.63, 3.8) is 0 Å². The van der Waals surface area contributed by atoms with Gasteiger partial charge in [0.05, 0.1) is 23.4 Å². The van der Waals surface area contributed by atoms with Crippen LogP contribution >= 0.6 is 0 Å². The van der Waals surface area contributed by atoms with Gasteiger partial charge in [0.25, 0.3) is 5.91 Å². The summed E-state index contributed by atoms with van der Waals surface area (Å²) in [5.41, 5.74) is 1.45. The molecule has 7 nitrogen and oxygen atoms in total. The van der Waals surface area contributed by atoms with Crippen LogP contribution < -0.4 is 9.80 Å². The van der Waals surface area contributed by atoms with Crippen molar-refractivity contribution < 1.29 is 4.79 Å². The molecular weight excluding hydrogens is 304 g/mol. The van der Waals surface area contributed by atoms with Crippen molar-refractivity contribution in [3.05, 3.63) is 41.7 Å². The highest BCUT2D eigenvalue weighted by atomic mass is 16.2. The van der Waals surface area contributed by atoms with Crippen LogP contribution in [0.3, 0.4) is 0 Å². The van der Waals surface area contributed by atoms with Crippen molar-refractivity contribution in [3.8, 4) is 12.1 Å². The van der Waals surface area contributed by atoms with Gasteiger partial charge in [-0.2, -0.15) is 10.5 Å². The van der Waals surface area contributed by atoms with E-state index < -0.39 is 5.92 Å². The van der Waals surface area contributed by atoms with Crippen LogP contribution in [0.4, 0.5) is 17.3 Å². The molecule has 0 fully saturated rings. The summed E-state index contributed by atoms with van der Waals surface area (Å²) in [5, 5.41) is 18.2. The molecule has 2 aromatic rings. The normalized spacial score (nSPS) is 13.0. The fourth-order valence-electron chi connectivity index (χ4n) is 2.73. The van der Waals surface area contributed by atoms with Crippen LogP contribution in [0, 0.1) is 22.7 Å². The Morgan fingerprint density at radius 3 is 2.67 bits per heavy atom. The summed E-state index contributed by atoms with van der Waals surface area (Å²) in [6.45, 7) is 2.52. The maximum Gasteiger partial charge on any atom is 0.261 e. The summed E-state index contributed by atoms with van der Waals surface area (Å²) >= 11 is 0. The molecule has 1 aliphatic heterocycles. The average Bonchev–Trinajstić information content (AvgIpc) is 2.71. The molecule has 0 atom stereocenters. The smallest absolute Gasteiger partial charge is 0.261 e. The van der Waals surface area contributed by atoms with Crippen molar-refractivity contribution in [2.75, 3.05) is 23.4 Å². The number of amides is 1. The number of carbonyl (C=O) groups is 1. The van der Waals surface area contributed by atoms with Gasteiger partial charge in [-0.25, -0.2) is 9.97 Å². The molecule has 0 radical (unpaired) electrons. The van der Waals surface area contributed by atoms with E-state index in [1.807, 2.05) is 30.0 Å². The van der Waals surface area contributed by atoms with Crippen molar-refractivity contribution >= 4 is 23.2 Å². The average molecular weight is 318 g/mol. The second-order valence-electron chi connectivity index (χ2n) is 5.29. The molecule has 0 spiro atoms. The number of anilines is 3. The zero-order valence-electron chi connectivity index (χ0n) is 13.3. The second-order valence-corrected chi connectivity index (χ2v) is 5.29. The maximum atomic E-state index is 12.9. The minimum atomic E-state index is -0.959. The Morgan fingerprint density at radius 1 is 1.25 bits per heavy atom. The Morgan fingerprint density at radius 2 is 2.00 bits per heavy atom. The molecule has 0 saturated carbocycles. The van der Waals surface area contributed by atoms with E-state index in [1.54, 1.807) is 25.4 Å². The summed E-state index contributed by atoms with van der Waals surface area (Å²) in [6.07, 6.45) is 3.14. The van der Waals surface area contributed by atoms with Gasteiger partial charge >= 0.3 is 0 Å². The summed E-state index contributed by atoms with van der Waals surface area (Å²) < 4.78 is 0. The lowest BCUT2D eigenvalue weighted by Crippen LogP contribution is -2.25. The van der Waals surface area contributed by atoms with E-state index in [2.05, 4.69) is 9.97 Å². The number of rotatable bonds is 2. The third-order valence-electron chi connectivity index (χ3n) is 3.97. The molecule has 0 saturated heterocycles. The highest BCUT2D eigenvalue weighted by Crippen LogP contribution is 2.37. The highest BCUT2D eigenvalue weighted by molar-refractivity contribution is 6.12. The van der Waals surface area contributed by atoms with E-state index in [0.29, 0.717) is 35.0 Å². The largest absolute Gasteiger partial charge is 0.309 e. The van der Waals surface area contributed by atoms with Crippen molar-refractivity contribution in [2.24, 2.45) is 0 Å². The van der Waals surface area contributed by atoms with Crippen molar-refractivity contribution in [1.82, 2.24) is 9.97 Å². The quantitative estimate of drug-likeness (QED) is 0.843. The Balaban J connectivity index is 2.24. The molecule has 3 rings (SSSR count). The Labute approximate surface area is 139 Å². The van der Waals surface area contributed by atoms with E-state index in [-0.39, 0.29) is 5.91 Å². The number of hydrogen-bond donors (Lipinski definition) is 0. The topological polar surface area (TPSA) is 96.9 Å². The lowest BCUT2D eigenvalue weighted by atomic mass is 10.0. The first-order valence-corrected chi connectivity index (χ1v) is 7.42. The van der Waals surface area contributed by atoms with Crippen LogP contribution in [-0.2, 0) is 0 Å². The van der Waals surface area contributed by atoms with Crippen LogP contribution in [0.2, 0.25) is 0 Å². The SMILES string of the molecule is CCN1c2ncc(C(C#N)C#N)cc2C(=O)N(C)c2cccnc21. The third-order valence-corrected chi connectivity index (χ3v) is 3.97. The van der Waals surface area contributed by atoms with Gasteiger partial charge in [-0.3, -0.25) is 4.79 Å². The van der Waals surface area contributed by atoms with Gasteiger partial charge < -0.3 is 9.80 Å². The molecule has 0 aromatic carbocycles. The molecule has 3 heterocycles. The van der Waals surface area contributed by atoms with E-state index >= 15 is 0 Å². The second kappa shape index (κ2) is 5.98. The number of pyridine rings is 2. The number of hydrogen-bond acceptors (Lipinski definition) is 6. The van der Waals surface area contributed by atoms with Crippen LogP contribution in [0.5, 0.6) is 0 Å². The number of nitrogens with zero attached hydrogens (tertiary/aromatic N) is 6. The van der Waals surface area contributed by atoms with Gasteiger partial charge in [0.1, 0.15) is 5.82 Å². The van der Waals surface area contributed by atoms with E-state index in [9.17, 15) is 4.79 Å². The first-order valence-electron chi connectivity index (χ1n) is 7.42. The predicted octanol–water partition coefficient (Wildman–Crippen LogP) is 2.36. The summed E-state index contributed by atoms with van der Waals surface area (Å²) in [7, 11) is 1.67. The standard InChI is InChI=1S/C17H14N6O/c1-3-23-15-13(7-11(10-21-15)12(8-18)9-19)17(24)22(2)14-5-4-6-20-16(14)23/h4-7,10,12H,3H2,1-2H3. The lowest BCUT2D eigenvalue weighted by molar-refractivity contribution is 0.0994. The molecular formula is C17H14N6O. The Kier molecular flexibility index (Phi) is 3.85. The number of carbonyl (C=O) groups excluding carboxylic acids is 1. The van der Waals surface area contributed by atoms with Crippen LogP contribution in [-0.4, -0.2) is 29.5 Å². The van der Waals surface area contributed by atoms with E-state index in [0.717, 1.165) is 0 Å². The van der Waals surface area contributed by atoms with Gasteiger partial charge in [0, 0.05) is 31.5 Å².